The Hall–Kier alpha value is -5.04. The van der Waals surface area contributed by atoms with Gasteiger partial charge in [0, 0.05) is 54.7 Å². The zero-order chi connectivity index (χ0) is 80.9. The Kier molecular flexibility index (Phi) is 38.7. The average Bonchev–Trinajstić information content (AvgIpc) is 0.794. The van der Waals surface area contributed by atoms with Gasteiger partial charge in [-0.2, -0.15) is 4.42 Å². The predicted molar refractivity (Wildman–Crippen MR) is 513 cm³/mol. The zero-order valence-corrected chi connectivity index (χ0v) is 83.3. The van der Waals surface area contributed by atoms with Gasteiger partial charge in [0.25, 0.3) is 5.24 Å². The van der Waals surface area contributed by atoms with E-state index in [4.69, 9.17) is 136 Å². The maximum absolute atomic E-state index is 10.7. The van der Waals surface area contributed by atoms with Crippen LogP contribution in [0.15, 0.2) is 359 Å². The van der Waals surface area contributed by atoms with Crippen molar-refractivity contribution in [3.63, 3.8) is 0 Å². The summed E-state index contributed by atoms with van der Waals surface area (Å²) >= 11 is 17.4. The molecule has 30 heteroatoms. The van der Waals surface area contributed by atoms with Crippen molar-refractivity contribution in [1.82, 2.24) is 31.1 Å². The predicted octanol–water partition coefficient (Wildman–Crippen LogP) is 29.9. The molecule has 2 aromatic heterocycles. The third kappa shape index (κ3) is 33.4. The first-order chi connectivity index (χ1) is 53.7. The summed E-state index contributed by atoms with van der Waals surface area (Å²) in [5.74, 6) is 3.48. The standard InChI is InChI=1S/C33H21Br2N3.C33H21Br2N2O.C13H9N.C7H3Br2ClO.11ClH.H3N.H2O.2Sb/c2*34-29-19-28(20-30(35)21-29)33-37-31(26-15-11-24(12-16-26)22-7-3-1-4-8-22)36-32(38-33)27-17-13-25(14-18-27)23-9-5-2-6-10-23;1-14-13-9-7-12(8-10-13)11-5-3-2-4-6-11;8-5-1-4(7(10)11)2-6(9)3-5;;;;;;;;;;;;;;;/h2*1-21H;2-10H;1-3H;11*1H;1H3;1H2;;/q;+1;;;;;;;;;;;;;;;;2*+5/p-11. The molecule has 0 radical (unpaired) electrons. The minimum absolute atomic E-state index is 0. The Balaban J connectivity index is 0.000000220. The van der Waals surface area contributed by atoms with Crippen LogP contribution in [0.3, 0.4) is 0 Å². The number of carbonyl (C=O) groups excluding carboxylic acids is 1. The van der Waals surface area contributed by atoms with E-state index >= 15 is 0 Å². The molecule has 0 spiro atoms. The van der Waals surface area contributed by atoms with Crippen LogP contribution in [-0.2, 0) is 0 Å². The van der Waals surface area contributed by atoms with E-state index in [1.165, 1.54) is 22.3 Å². The van der Waals surface area contributed by atoms with Gasteiger partial charge < -0.3 is 24.0 Å². The molecule has 2 heterocycles. The molecule has 116 heavy (non-hydrogen) atoms. The van der Waals surface area contributed by atoms with Gasteiger partial charge >= 0.3 is 123 Å². The first kappa shape index (κ1) is 98.1. The van der Waals surface area contributed by atoms with E-state index in [2.05, 4.69) is 246 Å². The first-order valence-corrected chi connectivity index (χ1v) is 70.6. The van der Waals surface area contributed by atoms with Crippen LogP contribution in [-0.4, -0.2) is 59.0 Å². The molecule has 0 saturated heterocycles. The average molecular weight is 2390 g/mol. The van der Waals surface area contributed by atoms with Crippen molar-refractivity contribution in [1.29, 1.82) is 0 Å². The van der Waals surface area contributed by atoms with Crippen LogP contribution >= 0.6 is 195 Å². The van der Waals surface area contributed by atoms with Crippen molar-refractivity contribution in [2.45, 2.75) is 0 Å². The minimum atomic E-state index is -4.33. The third-order valence-electron chi connectivity index (χ3n) is 15.7. The van der Waals surface area contributed by atoms with E-state index in [9.17, 15) is 4.79 Å². The number of carbonyl (C=O) groups is 1. The van der Waals surface area contributed by atoms with Crippen LogP contribution in [0, 0.1) is 6.57 Å². The Bertz CT molecular complexity index is 5210. The first-order valence-electron chi connectivity index (χ1n) is 33.2. The summed E-state index contributed by atoms with van der Waals surface area (Å²) in [5.41, 5.74) is 18.2. The Morgan fingerprint density at radius 1 is 0.284 bits per heavy atom. The van der Waals surface area contributed by atoms with Gasteiger partial charge in [-0.05, 0) is 134 Å². The van der Waals surface area contributed by atoms with Crippen LogP contribution in [0.1, 0.15) is 10.4 Å². The van der Waals surface area contributed by atoms with Gasteiger partial charge in [-0.1, -0.05) is 356 Å². The zero-order valence-electron chi connectivity index (χ0n) is 59.6. The van der Waals surface area contributed by atoms with Gasteiger partial charge in [0.05, 0.1) is 6.57 Å². The Labute approximate surface area is 772 Å². The van der Waals surface area contributed by atoms with Gasteiger partial charge in [-0.3, -0.25) is 4.79 Å². The summed E-state index contributed by atoms with van der Waals surface area (Å²) < 4.78 is 11.7. The molecule has 0 unspecified atom stereocenters. The van der Waals surface area contributed by atoms with Crippen LogP contribution in [0.5, 0.6) is 0 Å². The molecule has 0 saturated carbocycles. The van der Waals surface area contributed by atoms with Gasteiger partial charge in [0.1, 0.15) is 11.1 Å². The van der Waals surface area contributed by atoms with E-state index < -0.39 is 28.6 Å². The Morgan fingerprint density at radius 3 is 0.741 bits per heavy atom. The van der Waals surface area contributed by atoms with Crippen molar-refractivity contribution in [2.75, 3.05) is 0 Å². The monoisotopic (exact) mass is 2370 g/mol. The molecule has 0 atom stereocenters. The van der Waals surface area contributed by atoms with Gasteiger partial charge in [-0.15, -0.1) is 9.97 Å². The van der Waals surface area contributed by atoms with E-state index in [1.807, 2.05) is 170 Å². The fraction of sp³-hybridized carbons (Fsp3) is 0. The second-order valence-electron chi connectivity index (χ2n) is 23.9. The summed E-state index contributed by atoms with van der Waals surface area (Å²) in [6.07, 6.45) is 0. The molecule has 0 aliphatic rings. The SMILES string of the molecule is Brc1cc(Br)cc(-c2nc(-c3ccc(-c4ccccc4)cc3)nc(-c3ccc(-c4ccccc4)cc3)[o+]2)c1.Brc1cc(Br)cc(-c2nc(-c3ccc(-c4ccccc4)cc3)nc(-c3ccc(-c4ccccc4)cc3)n2)c1.N.O.O=C(Cl)c1cc(Br)cc(Br)c1.[C-]#[N+]c1ccc(-c2ccccc2)cc1.[Cl-].[Cl][Sb]([Cl])([Cl])([Cl])[Cl].[Cl][Sb]([Cl])([Cl])([Cl])[Cl]. The van der Waals surface area contributed by atoms with Gasteiger partial charge in [0.15, 0.2) is 29.0 Å². The second-order valence-corrected chi connectivity index (χ2v) is 106. The van der Waals surface area contributed by atoms with E-state index in [0.717, 1.165) is 93.6 Å². The van der Waals surface area contributed by atoms with Crippen molar-refractivity contribution in [3.8, 4) is 124 Å². The van der Waals surface area contributed by atoms with Crippen molar-refractivity contribution >= 4 is 230 Å². The van der Waals surface area contributed by atoms with Gasteiger partial charge in [-0.25, -0.2) is 19.8 Å². The Morgan fingerprint density at radius 2 is 0.483 bits per heavy atom. The summed E-state index contributed by atoms with van der Waals surface area (Å²) in [6.45, 7) is 6.84. The number of aromatic nitrogens is 5. The molecule has 0 aliphatic heterocycles. The summed E-state index contributed by atoms with van der Waals surface area (Å²) in [4.78, 5) is 38.4. The fourth-order valence-electron chi connectivity index (χ4n) is 10.6. The number of halogens is 18. The van der Waals surface area contributed by atoms with Crippen LogP contribution in [0.4, 0.5) is 5.69 Å². The topological polar surface area (TPSA) is 164 Å². The van der Waals surface area contributed by atoms with Crippen molar-refractivity contribution in [3.05, 3.63) is 371 Å². The molecule has 0 fully saturated rings. The second kappa shape index (κ2) is 45.7. The molecule has 5 N–H and O–H groups in total. The number of benzene rings is 13. The van der Waals surface area contributed by atoms with E-state index in [-0.39, 0.29) is 24.0 Å². The summed E-state index contributed by atoms with van der Waals surface area (Å²) in [7, 11) is 50.5. The van der Waals surface area contributed by atoms with E-state index in [0.29, 0.717) is 46.3 Å². The summed E-state index contributed by atoms with van der Waals surface area (Å²) in [5, 5.41) is -0.452. The molecule has 15 rings (SSSR count). The molecular formula is C86H59Br6Cl12N7O3Sb2. The number of hydrogen-bond donors (Lipinski definition) is 1. The third-order valence-corrected chi connectivity index (χ3v) is 18.6. The quantitative estimate of drug-likeness (QED) is 0.0547. The van der Waals surface area contributed by atoms with Gasteiger partial charge in [0.2, 0.25) is 0 Å². The number of nitrogens with zero attached hydrogens (tertiary/aromatic N) is 6. The summed E-state index contributed by atoms with van der Waals surface area (Å²) in [6, 6.07) is 110. The number of rotatable bonds is 12. The molecular weight excluding hydrogens is 2330 g/mol. The maximum atomic E-state index is 10.7. The normalized spacial score (nSPS) is 11.2. The molecule has 15 aromatic rings. The molecule has 592 valence electrons. The molecule has 13 aromatic carbocycles. The molecule has 0 bridgehead atoms. The van der Waals surface area contributed by atoms with E-state index in [1.54, 1.807) is 12.1 Å². The van der Waals surface area contributed by atoms with Crippen LogP contribution < -0.4 is 18.6 Å². The van der Waals surface area contributed by atoms with Crippen molar-refractivity contribution in [2.24, 2.45) is 0 Å². The number of hydrogen-bond acceptors (Lipinski definition) is 7. The fourth-order valence-corrected chi connectivity index (χ4v) is 14.6. The molecule has 0 aliphatic carbocycles. The van der Waals surface area contributed by atoms with Crippen LogP contribution in [0.2, 0.25) is 0 Å². The molecule has 0 amide bonds. The van der Waals surface area contributed by atoms with Crippen LogP contribution in [0.25, 0.3) is 129 Å². The molecule has 10 nitrogen and oxygen atoms in total. The van der Waals surface area contributed by atoms with Crippen molar-refractivity contribution < 1.29 is 27.1 Å².